The smallest absolute Gasteiger partial charge is 0.234 e. The normalized spacial score (nSPS) is 10.6. The van der Waals surface area contributed by atoms with E-state index in [0.717, 1.165) is 22.8 Å². The van der Waals surface area contributed by atoms with Crippen LogP contribution in [0.15, 0.2) is 84.0 Å². The topological polar surface area (TPSA) is 81.1 Å². The molecule has 8 heteroatoms. The molecule has 0 radical (unpaired) electrons. The lowest BCUT2D eigenvalue weighted by molar-refractivity contribution is -0.113. The van der Waals surface area contributed by atoms with Crippen LogP contribution in [0.3, 0.4) is 0 Å². The molecule has 168 valence electrons. The van der Waals surface area contributed by atoms with E-state index in [0.29, 0.717) is 23.1 Å². The number of aryl methyl sites for hydroxylation is 1. The van der Waals surface area contributed by atoms with Crippen LogP contribution in [0.1, 0.15) is 11.4 Å². The Labute approximate surface area is 197 Å². The average molecular weight is 460 g/mol. The van der Waals surface area contributed by atoms with Crippen molar-refractivity contribution in [3.8, 4) is 11.4 Å². The molecule has 0 saturated carbocycles. The molecule has 0 spiro atoms. The molecule has 0 bridgehead atoms. The van der Waals surface area contributed by atoms with Crippen LogP contribution in [-0.4, -0.2) is 33.5 Å². The summed E-state index contributed by atoms with van der Waals surface area (Å²) in [5.41, 5.74) is 3.78. The van der Waals surface area contributed by atoms with Crippen molar-refractivity contribution in [2.45, 2.75) is 18.6 Å². The first kappa shape index (κ1) is 22.4. The molecule has 4 rings (SSSR count). The van der Waals surface area contributed by atoms with Gasteiger partial charge in [-0.05, 0) is 42.8 Å². The van der Waals surface area contributed by atoms with Crippen molar-refractivity contribution in [3.05, 3.63) is 90.3 Å². The molecule has 0 aliphatic rings. The minimum atomic E-state index is -0.147. The molecule has 0 atom stereocenters. The number of nitrogens with zero attached hydrogens (tertiary/aromatic N) is 3. The number of hydrogen-bond donors (Lipinski definition) is 2. The van der Waals surface area contributed by atoms with E-state index < -0.39 is 0 Å². The lowest BCUT2D eigenvalue weighted by atomic mass is 10.2. The number of amides is 1. The van der Waals surface area contributed by atoms with E-state index in [1.807, 2.05) is 77.4 Å². The van der Waals surface area contributed by atoms with Gasteiger partial charge in [0.2, 0.25) is 5.91 Å². The van der Waals surface area contributed by atoms with Crippen molar-refractivity contribution >= 4 is 29.0 Å². The van der Waals surface area contributed by atoms with Gasteiger partial charge in [-0.25, -0.2) is 0 Å². The van der Waals surface area contributed by atoms with Gasteiger partial charge in [0.05, 0.1) is 25.1 Å². The maximum absolute atomic E-state index is 12.6. The quantitative estimate of drug-likeness (QED) is 0.346. The second-order valence-corrected chi connectivity index (χ2v) is 8.22. The Morgan fingerprint density at radius 3 is 2.39 bits per heavy atom. The van der Waals surface area contributed by atoms with Crippen LogP contribution in [0, 0.1) is 6.92 Å². The zero-order chi connectivity index (χ0) is 23.0. The molecule has 1 aromatic heterocycles. The zero-order valence-corrected chi connectivity index (χ0v) is 19.3. The van der Waals surface area contributed by atoms with E-state index in [9.17, 15) is 4.79 Å². The molecule has 2 N–H and O–H groups in total. The van der Waals surface area contributed by atoms with Gasteiger partial charge in [-0.2, -0.15) is 0 Å². The molecule has 7 nitrogen and oxygen atoms in total. The number of nitrogens with one attached hydrogen (secondary N) is 2. The number of rotatable bonds is 9. The van der Waals surface area contributed by atoms with Gasteiger partial charge in [-0.1, -0.05) is 60.3 Å². The number of ether oxygens (including phenoxy) is 1. The molecule has 0 saturated heterocycles. The van der Waals surface area contributed by atoms with Crippen LogP contribution < -0.4 is 15.4 Å². The van der Waals surface area contributed by atoms with Gasteiger partial charge in [0.15, 0.2) is 11.0 Å². The van der Waals surface area contributed by atoms with Crippen molar-refractivity contribution < 1.29 is 9.53 Å². The first-order valence-electron chi connectivity index (χ1n) is 10.5. The summed E-state index contributed by atoms with van der Waals surface area (Å²) in [5, 5.41) is 15.8. The standard InChI is InChI=1S/C25H25N5O2S/c1-18-10-6-7-13-20(18)26-16-23-28-29-25(30(23)19-11-4-3-5-12-19)33-17-24(31)27-21-14-8-9-15-22(21)32-2/h3-15,26H,16-17H2,1-2H3,(H,27,31). The van der Waals surface area contributed by atoms with Crippen molar-refractivity contribution in [2.24, 2.45) is 0 Å². The van der Waals surface area contributed by atoms with Crippen molar-refractivity contribution in [3.63, 3.8) is 0 Å². The second-order valence-electron chi connectivity index (χ2n) is 7.28. The van der Waals surface area contributed by atoms with Crippen LogP contribution in [-0.2, 0) is 11.3 Å². The van der Waals surface area contributed by atoms with E-state index in [1.165, 1.54) is 11.8 Å². The van der Waals surface area contributed by atoms with Gasteiger partial charge in [-0.15, -0.1) is 10.2 Å². The molecule has 1 amide bonds. The highest BCUT2D eigenvalue weighted by atomic mass is 32.2. The number of carbonyl (C=O) groups is 1. The first-order valence-corrected chi connectivity index (χ1v) is 11.5. The zero-order valence-electron chi connectivity index (χ0n) is 18.5. The Balaban J connectivity index is 1.50. The van der Waals surface area contributed by atoms with Crippen molar-refractivity contribution in [2.75, 3.05) is 23.5 Å². The molecule has 33 heavy (non-hydrogen) atoms. The number of aromatic nitrogens is 3. The number of para-hydroxylation sites is 4. The van der Waals surface area contributed by atoms with Gasteiger partial charge < -0.3 is 15.4 Å². The Morgan fingerprint density at radius 2 is 1.64 bits per heavy atom. The first-order chi connectivity index (χ1) is 16.2. The fraction of sp³-hybridized carbons (Fsp3) is 0.160. The van der Waals surface area contributed by atoms with Crippen LogP contribution >= 0.6 is 11.8 Å². The third-order valence-electron chi connectivity index (χ3n) is 5.01. The molecular formula is C25H25N5O2S. The van der Waals surface area contributed by atoms with Crippen LogP contribution in [0.25, 0.3) is 5.69 Å². The summed E-state index contributed by atoms with van der Waals surface area (Å²) < 4.78 is 7.28. The Bertz CT molecular complexity index is 1230. The van der Waals surface area contributed by atoms with E-state index in [1.54, 1.807) is 7.11 Å². The average Bonchev–Trinajstić information content (AvgIpc) is 3.26. The van der Waals surface area contributed by atoms with E-state index in [-0.39, 0.29) is 11.7 Å². The third kappa shape index (κ3) is 5.53. The molecule has 0 aliphatic heterocycles. The predicted octanol–water partition coefficient (Wildman–Crippen LogP) is 4.93. The van der Waals surface area contributed by atoms with E-state index in [4.69, 9.17) is 4.74 Å². The number of carbonyl (C=O) groups excluding carboxylic acids is 1. The second kappa shape index (κ2) is 10.7. The monoisotopic (exact) mass is 459 g/mol. The maximum atomic E-state index is 12.6. The van der Waals surface area contributed by atoms with Gasteiger partial charge in [-0.3, -0.25) is 9.36 Å². The SMILES string of the molecule is COc1ccccc1NC(=O)CSc1nnc(CNc2ccccc2C)n1-c1ccccc1. The number of thioether (sulfide) groups is 1. The molecule has 0 unspecified atom stereocenters. The molecule has 4 aromatic rings. The summed E-state index contributed by atoms with van der Waals surface area (Å²) in [6, 6.07) is 25.3. The lowest BCUT2D eigenvalue weighted by Gasteiger charge is -2.13. The largest absolute Gasteiger partial charge is 0.495 e. The van der Waals surface area contributed by atoms with Crippen LogP contribution in [0.2, 0.25) is 0 Å². The summed E-state index contributed by atoms with van der Waals surface area (Å²) in [4.78, 5) is 12.6. The molecular weight excluding hydrogens is 434 g/mol. The Morgan fingerprint density at radius 1 is 0.939 bits per heavy atom. The lowest BCUT2D eigenvalue weighted by Crippen LogP contribution is -2.15. The number of methoxy groups -OCH3 is 1. The van der Waals surface area contributed by atoms with E-state index >= 15 is 0 Å². The molecule has 0 fully saturated rings. The fourth-order valence-electron chi connectivity index (χ4n) is 3.35. The predicted molar refractivity (Wildman–Crippen MR) is 132 cm³/mol. The summed E-state index contributed by atoms with van der Waals surface area (Å²) >= 11 is 1.34. The van der Waals surface area contributed by atoms with Gasteiger partial charge in [0.25, 0.3) is 0 Å². The highest BCUT2D eigenvalue weighted by Crippen LogP contribution is 2.26. The maximum Gasteiger partial charge on any atom is 0.234 e. The van der Waals surface area contributed by atoms with Crippen LogP contribution in [0.5, 0.6) is 5.75 Å². The molecule has 0 aliphatic carbocycles. The number of hydrogen-bond acceptors (Lipinski definition) is 6. The van der Waals surface area contributed by atoms with Gasteiger partial charge in [0, 0.05) is 11.4 Å². The highest BCUT2D eigenvalue weighted by Gasteiger charge is 2.16. The summed E-state index contributed by atoms with van der Waals surface area (Å²) in [5.74, 6) is 1.42. The van der Waals surface area contributed by atoms with Crippen LogP contribution in [0.4, 0.5) is 11.4 Å². The number of benzene rings is 3. The summed E-state index contributed by atoms with van der Waals surface area (Å²) in [6.45, 7) is 2.56. The highest BCUT2D eigenvalue weighted by molar-refractivity contribution is 7.99. The van der Waals surface area contributed by atoms with E-state index in [2.05, 4.69) is 33.8 Å². The van der Waals surface area contributed by atoms with Crippen molar-refractivity contribution in [1.82, 2.24) is 14.8 Å². The van der Waals surface area contributed by atoms with Gasteiger partial charge >= 0.3 is 0 Å². The third-order valence-corrected chi connectivity index (χ3v) is 5.94. The fourth-order valence-corrected chi connectivity index (χ4v) is 4.13. The van der Waals surface area contributed by atoms with Gasteiger partial charge in [0.1, 0.15) is 5.75 Å². The molecule has 1 heterocycles. The summed E-state index contributed by atoms with van der Waals surface area (Å²) in [7, 11) is 1.58. The van der Waals surface area contributed by atoms with Crippen molar-refractivity contribution in [1.29, 1.82) is 0 Å². The Hall–Kier alpha value is -3.78. The minimum absolute atomic E-state index is 0.147. The summed E-state index contributed by atoms with van der Waals surface area (Å²) in [6.07, 6.45) is 0. The Kier molecular flexibility index (Phi) is 7.26. The minimum Gasteiger partial charge on any atom is -0.495 e. The number of anilines is 2. The molecule has 3 aromatic carbocycles.